The zero-order valence-corrected chi connectivity index (χ0v) is 11.4. The minimum Gasteiger partial charge on any atom is -0.396 e. The number of anilines is 1. The Morgan fingerprint density at radius 1 is 1.35 bits per heavy atom. The number of hydrogen-bond acceptors (Lipinski definition) is 3. The van der Waals surface area contributed by atoms with E-state index in [4.69, 9.17) is 0 Å². The van der Waals surface area contributed by atoms with Crippen LogP contribution in [0.3, 0.4) is 0 Å². The van der Waals surface area contributed by atoms with Gasteiger partial charge in [0.1, 0.15) is 5.82 Å². The third-order valence-corrected chi connectivity index (χ3v) is 3.55. The molecule has 2 heterocycles. The first kappa shape index (κ1) is 12.9. The van der Waals surface area contributed by atoms with Gasteiger partial charge in [0.2, 0.25) is 5.91 Å². The van der Waals surface area contributed by atoms with Crippen molar-refractivity contribution >= 4 is 11.7 Å². The largest absolute Gasteiger partial charge is 0.396 e. The van der Waals surface area contributed by atoms with Gasteiger partial charge in [-0.3, -0.25) is 9.69 Å². The summed E-state index contributed by atoms with van der Waals surface area (Å²) in [6.07, 6.45) is 0.398. The number of benzene rings is 1. The maximum Gasteiger partial charge on any atom is 0.228 e. The predicted molar refractivity (Wildman–Crippen MR) is 75.8 cm³/mol. The Balaban J connectivity index is 2.01. The van der Waals surface area contributed by atoms with Crippen molar-refractivity contribution in [3.63, 3.8) is 0 Å². The lowest BCUT2D eigenvalue weighted by Crippen LogP contribution is -2.27. The lowest BCUT2D eigenvalue weighted by Gasteiger charge is -2.17. The van der Waals surface area contributed by atoms with E-state index in [0.717, 1.165) is 17.2 Å². The quantitative estimate of drug-likeness (QED) is 0.921. The average Bonchev–Trinajstić information content (AvgIpc) is 3.02. The summed E-state index contributed by atoms with van der Waals surface area (Å²) in [7, 11) is 0. The number of carbonyl (C=O) groups excluding carboxylic acids is 1. The van der Waals surface area contributed by atoms with E-state index in [9.17, 15) is 9.90 Å². The van der Waals surface area contributed by atoms with Gasteiger partial charge < -0.3 is 5.11 Å². The molecule has 0 saturated carbocycles. The van der Waals surface area contributed by atoms with Crippen molar-refractivity contribution in [3.05, 3.63) is 42.1 Å². The molecular formula is C15H17N3O2. The van der Waals surface area contributed by atoms with Crippen LogP contribution < -0.4 is 4.90 Å². The van der Waals surface area contributed by atoms with Gasteiger partial charge in [0.25, 0.3) is 0 Å². The number of aliphatic hydroxyl groups excluding tert-OH is 1. The first-order valence-corrected chi connectivity index (χ1v) is 6.72. The second kappa shape index (κ2) is 5.09. The second-order valence-electron chi connectivity index (χ2n) is 5.15. The molecule has 1 aromatic heterocycles. The Bertz CT molecular complexity index is 621. The molecule has 1 N–H and O–H groups in total. The van der Waals surface area contributed by atoms with Crippen LogP contribution in [0.25, 0.3) is 5.69 Å². The molecule has 5 nitrogen and oxygen atoms in total. The summed E-state index contributed by atoms with van der Waals surface area (Å²) in [4.78, 5) is 13.8. The molecular weight excluding hydrogens is 254 g/mol. The molecule has 1 amide bonds. The summed E-state index contributed by atoms with van der Waals surface area (Å²) in [5.41, 5.74) is 1.79. The van der Waals surface area contributed by atoms with Crippen LogP contribution in [0.15, 0.2) is 36.4 Å². The van der Waals surface area contributed by atoms with Crippen LogP contribution in [0.4, 0.5) is 5.82 Å². The summed E-state index contributed by atoms with van der Waals surface area (Å²) in [5.74, 6) is 0.831. The molecule has 1 atom stereocenters. The highest BCUT2D eigenvalue weighted by molar-refractivity contribution is 5.95. The fourth-order valence-corrected chi connectivity index (χ4v) is 2.56. The predicted octanol–water partition coefficient (Wildman–Crippen LogP) is 1.53. The molecule has 0 bridgehead atoms. The van der Waals surface area contributed by atoms with E-state index in [1.165, 1.54) is 0 Å². The van der Waals surface area contributed by atoms with Crippen molar-refractivity contribution in [1.82, 2.24) is 9.78 Å². The van der Waals surface area contributed by atoms with Crippen LogP contribution in [0.1, 0.15) is 12.1 Å². The SMILES string of the molecule is Cc1cc(N2CC(CO)CC2=O)n(-c2ccccc2)n1. The molecule has 0 spiro atoms. The number of para-hydroxylation sites is 1. The zero-order valence-electron chi connectivity index (χ0n) is 11.4. The summed E-state index contributed by atoms with van der Waals surface area (Å²) < 4.78 is 1.78. The zero-order chi connectivity index (χ0) is 14.1. The monoisotopic (exact) mass is 271 g/mol. The Morgan fingerprint density at radius 3 is 2.75 bits per heavy atom. The van der Waals surface area contributed by atoms with E-state index in [-0.39, 0.29) is 18.4 Å². The standard InChI is InChI=1S/C15H17N3O2/c1-11-7-14(17-9-12(10-19)8-15(17)20)18(16-11)13-5-3-2-4-6-13/h2-7,12,19H,8-10H2,1H3. The summed E-state index contributed by atoms with van der Waals surface area (Å²) in [6.45, 7) is 2.50. The highest BCUT2D eigenvalue weighted by Crippen LogP contribution is 2.27. The first-order valence-electron chi connectivity index (χ1n) is 6.72. The van der Waals surface area contributed by atoms with E-state index in [0.29, 0.717) is 13.0 Å². The highest BCUT2D eigenvalue weighted by atomic mass is 16.3. The number of carbonyl (C=O) groups is 1. The highest BCUT2D eigenvalue weighted by Gasteiger charge is 2.32. The van der Waals surface area contributed by atoms with Crippen LogP contribution >= 0.6 is 0 Å². The molecule has 1 aliphatic rings. The van der Waals surface area contributed by atoms with Crippen molar-refractivity contribution in [3.8, 4) is 5.69 Å². The molecule has 5 heteroatoms. The first-order chi connectivity index (χ1) is 9.69. The fraction of sp³-hybridized carbons (Fsp3) is 0.333. The van der Waals surface area contributed by atoms with E-state index < -0.39 is 0 Å². The van der Waals surface area contributed by atoms with Gasteiger partial charge >= 0.3 is 0 Å². The third kappa shape index (κ3) is 2.20. The van der Waals surface area contributed by atoms with Crippen molar-refractivity contribution in [2.45, 2.75) is 13.3 Å². The molecule has 2 aromatic rings. The molecule has 1 aromatic carbocycles. The Hall–Kier alpha value is -2.14. The molecule has 0 aliphatic carbocycles. The van der Waals surface area contributed by atoms with Crippen molar-refractivity contribution in [1.29, 1.82) is 0 Å². The lowest BCUT2D eigenvalue weighted by atomic mass is 10.1. The molecule has 1 aliphatic heterocycles. The minimum atomic E-state index is 0.0157. The van der Waals surface area contributed by atoms with Crippen LogP contribution in [0, 0.1) is 12.8 Å². The average molecular weight is 271 g/mol. The van der Waals surface area contributed by atoms with Gasteiger partial charge in [0.05, 0.1) is 11.4 Å². The fourth-order valence-electron chi connectivity index (χ4n) is 2.56. The molecule has 3 rings (SSSR count). The van der Waals surface area contributed by atoms with Gasteiger partial charge in [-0.1, -0.05) is 18.2 Å². The number of rotatable bonds is 3. The molecule has 20 heavy (non-hydrogen) atoms. The Morgan fingerprint density at radius 2 is 2.10 bits per heavy atom. The molecule has 1 unspecified atom stereocenters. The number of aryl methyl sites for hydroxylation is 1. The summed E-state index contributed by atoms with van der Waals surface area (Å²) >= 11 is 0. The van der Waals surface area contributed by atoms with Crippen LogP contribution in [-0.4, -0.2) is 33.9 Å². The van der Waals surface area contributed by atoms with E-state index >= 15 is 0 Å². The van der Waals surface area contributed by atoms with E-state index in [1.807, 2.05) is 43.3 Å². The maximum atomic E-state index is 12.1. The van der Waals surface area contributed by atoms with Gasteiger partial charge in [-0.05, 0) is 19.1 Å². The van der Waals surface area contributed by atoms with E-state index in [1.54, 1.807) is 9.58 Å². The lowest BCUT2D eigenvalue weighted by molar-refractivity contribution is -0.117. The van der Waals surface area contributed by atoms with Crippen molar-refractivity contribution in [2.75, 3.05) is 18.1 Å². The van der Waals surface area contributed by atoms with Gasteiger partial charge in [-0.2, -0.15) is 5.10 Å². The topological polar surface area (TPSA) is 58.4 Å². The molecule has 1 saturated heterocycles. The number of amides is 1. The Labute approximate surface area is 117 Å². The number of nitrogens with zero attached hydrogens (tertiary/aromatic N) is 3. The van der Waals surface area contributed by atoms with Crippen LogP contribution in [0.5, 0.6) is 0 Å². The smallest absolute Gasteiger partial charge is 0.228 e. The van der Waals surface area contributed by atoms with Gasteiger partial charge in [-0.25, -0.2) is 4.68 Å². The Kier molecular flexibility index (Phi) is 3.28. The van der Waals surface area contributed by atoms with E-state index in [2.05, 4.69) is 5.10 Å². The third-order valence-electron chi connectivity index (χ3n) is 3.55. The normalized spacial score (nSPS) is 18.8. The van der Waals surface area contributed by atoms with Gasteiger partial charge in [0.15, 0.2) is 0 Å². The molecule has 0 radical (unpaired) electrons. The van der Waals surface area contributed by atoms with Crippen LogP contribution in [-0.2, 0) is 4.79 Å². The number of aromatic nitrogens is 2. The van der Waals surface area contributed by atoms with Gasteiger partial charge in [0, 0.05) is 31.6 Å². The maximum absolute atomic E-state index is 12.1. The minimum absolute atomic E-state index is 0.0157. The molecule has 1 fully saturated rings. The van der Waals surface area contributed by atoms with Gasteiger partial charge in [-0.15, -0.1) is 0 Å². The summed E-state index contributed by atoms with van der Waals surface area (Å²) in [5, 5.41) is 13.7. The molecule has 104 valence electrons. The van der Waals surface area contributed by atoms with Crippen molar-refractivity contribution < 1.29 is 9.90 Å². The van der Waals surface area contributed by atoms with Crippen molar-refractivity contribution in [2.24, 2.45) is 5.92 Å². The summed E-state index contributed by atoms with van der Waals surface area (Å²) in [6, 6.07) is 11.7. The number of hydrogen-bond donors (Lipinski definition) is 1. The second-order valence-corrected chi connectivity index (χ2v) is 5.15. The van der Waals surface area contributed by atoms with Crippen LogP contribution in [0.2, 0.25) is 0 Å². The number of aliphatic hydroxyl groups is 1.